The van der Waals surface area contributed by atoms with Gasteiger partial charge in [0.05, 0.1) is 12.0 Å². The second-order valence-corrected chi connectivity index (χ2v) is 4.91. The zero-order valence-corrected chi connectivity index (χ0v) is 12.3. The lowest BCUT2D eigenvalue weighted by molar-refractivity contribution is 0.0490. The van der Waals surface area contributed by atoms with Gasteiger partial charge in [-0.1, -0.05) is 18.2 Å². The molecule has 0 saturated heterocycles. The quantitative estimate of drug-likeness (QED) is 0.691. The first-order chi connectivity index (χ1) is 11.1. The summed E-state index contributed by atoms with van der Waals surface area (Å²) in [6, 6.07) is 12.1. The van der Waals surface area contributed by atoms with E-state index in [9.17, 15) is 14.0 Å². The van der Waals surface area contributed by atoms with Gasteiger partial charge in [0.25, 0.3) is 0 Å². The van der Waals surface area contributed by atoms with Gasteiger partial charge in [-0.25, -0.2) is 9.18 Å². The van der Waals surface area contributed by atoms with Crippen LogP contribution < -0.4 is 5.43 Å². The van der Waals surface area contributed by atoms with E-state index in [1.807, 2.05) is 0 Å². The molecule has 0 bridgehead atoms. The summed E-state index contributed by atoms with van der Waals surface area (Å²) in [6.45, 7) is 1.87. The lowest BCUT2D eigenvalue weighted by Crippen LogP contribution is -2.10. The van der Waals surface area contributed by atoms with E-state index in [2.05, 4.69) is 0 Å². The number of benzene rings is 2. The van der Waals surface area contributed by atoms with Crippen LogP contribution in [0, 0.1) is 5.82 Å². The summed E-state index contributed by atoms with van der Waals surface area (Å²) >= 11 is 0. The third-order valence-corrected chi connectivity index (χ3v) is 3.38. The smallest absolute Gasteiger partial charge is 0.374 e. The fourth-order valence-corrected chi connectivity index (χ4v) is 2.28. The highest BCUT2D eigenvalue weighted by atomic mass is 19.1. The van der Waals surface area contributed by atoms with E-state index in [0.29, 0.717) is 11.0 Å². The average molecular weight is 312 g/mol. The standard InChI is InChI=1S/C18H13FO4/c1-2-22-18(21)17-10-15(20)14-9-12(5-8-16(14)23-17)11-3-6-13(19)7-4-11/h3-10H,2H2,1H3. The fraction of sp³-hybridized carbons (Fsp3) is 0.111. The molecular weight excluding hydrogens is 299 g/mol. The fourth-order valence-electron chi connectivity index (χ4n) is 2.28. The number of hydrogen-bond donors (Lipinski definition) is 0. The van der Waals surface area contributed by atoms with Crippen LogP contribution in [0.1, 0.15) is 17.5 Å². The molecule has 0 unspecified atom stereocenters. The van der Waals surface area contributed by atoms with E-state index in [1.54, 1.807) is 37.3 Å². The highest BCUT2D eigenvalue weighted by molar-refractivity contribution is 5.90. The number of rotatable bonds is 3. The van der Waals surface area contributed by atoms with Crippen LogP contribution in [-0.2, 0) is 4.74 Å². The minimum atomic E-state index is -0.672. The van der Waals surface area contributed by atoms with Crippen molar-refractivity contribution >= 4 is 16.9 Å². The van der Waals surface area contributed by atoms with Crippen molar-refractivity contribution < 1.29 is 18.3 Å². The normalized spacial score (nSPS) is 10.7. The van der Waals surface area contributed by atoms with Gasteiger partial charge >= 0.3 is 5.97 Å². The predicted octanol–water partition coefficient (Wildman–Crippen LogP) is 3.78. The first-order valence-corrected chi connectivity index (χ1v) is 7.09. The lowest BCUT2D eigenvalue weighted by atomic mass is 10.0. The molecule has 4 nitrogen and oxygen atoms in total. The maximum Gasteiger partial charge on any atom is 0.374 e. The Kier molecular flexibility index (Phi) is 3.93. The molecule has 0 spiro atoms. The molecular formula is C18H13FO4. The van der Waals surface area contributed by atoms with Crippen LogP contribution >= 0.6 is 0 Å². The van der Waals surface area contributed by atoms with E-state index in [1.165, 1.54) is 12.1 Å². The predicted molar refractivity (Wildman–Crippen MR) is 83.8 cm³/mol. The molecule has 23 heavy (non-hydrogen) atoms. The number of hydrogen-bond acceptors (Lipinski definition) is 4. The van der Waals surface area contributed by atoms with Crippen molar-refractivity contribution in [3.05, 3.63) is 70.3 Å². The number of esters is 1. The van der Waals surface area contributed by atoms with E-state index in [0.717, 1.165) is 17.2 Å². The summed E-state index contributed by atoms with van der Waals surface area (Å²) in [5.41, 5.74) is 1.50. The molecule has 0 N–H and O–H groups in total. The van der Waals surface area contributed by atoms with Gasteiger partial charge in [0.2, 0.25) is 5.76 Å². The highest BCUT2D eigenvalue weighted by Gasteiger charge is 2.13. The maximum atomic E-state index is 13.0. The van der Waals surface area contributed by atoms with Crippen molar-refractivity contribution in [3.63, 3.8) is 0 Å². The van der Waals surface area contributed by atoms with Crippen LogP contribution in [0.25, 0.3) is 22.1 Å². The molecule has 0 radical (unpaired) electrons. The van der Waals surface area contributed by atoms with Crippen LogP contribution in [-0.4, -0.2) is 12.6 Å². The number of ether oxygens (including phenoxy) is 1. The zero-order valence-electron chi connectivity index (χ0n) is 12.3. The van der Waals surface area contributed by atoms with Gasteiger partial charge in [-0.05, 0) is 42.3 Å². The number of carbonyl (C=O) groups excluding carboxylic acids is 1. The van der Waals surface area contributed by atoms with Crippen molar-refractivity contribution in [1.82, 2.24) is 0 Å². The van der Waals surface area contributed by atoms with Crippen molar-refractivity contribution in [2.75, 3.05) is 6.61 Å². The Balaban J connectivity index is 2.09. The first kappa shape index (κ1) is 15.0. The molecule has 1 heterocycles. The van der Waals surface area contributed by atoms with Gasteiger partial charge in [0, 0.05) is 6.07 Å². The lowest BCUT2D eigenvalue weighted by Gasteiger charge is -2.05. The monoisotopic (exact) mass is 312 g/mol. The Hall–Kier alpha value is -2.95. The third-order valence-electron chi connectivity index (χ3n) is 3.38. The van der Waals surface area contributed by atoms with Gasteiger partial charge in [0.1, 0.15) is 11.4 Å². The van der Waals surface area contributed by atoms with Crippen LogP contribution in [0.5, 0.6) is 0 Å². The Morgan fingerprint density at radius 2 is 1.78 bits per heavy atom. The van der Waals surface area contributed by atoms with Crippen molar-refractivity contribution in [2.45, 2.75) is 6.92 Å². The van der Waals surface area contributed by atoms with E-state index >= 15 is 0 Å². The summed E-state index contributed by atoms with van der Waals surface area (Å²) in [5, 5.41) is 0.347. The Bertz CT molecular complexity index is 926. The van der Waals surface area contributed by atoms with Crippen molar-refractivity contribution in [3.8, 4) is 11.1 Å². The van der Waals surface area contributed by atoms with Crippen LogP contribution in [0.15, 0.2) is 57.7 Å². The first-order valence-electron chi connectivity index (χ1n) is 7.09. The molecule has 3 aromatic rings. The maximum absolute atomic E-state index is 13.0. The summed E-state index contributed by atoms with van der Waals surface area (Å²) in [4.78, 5) is 23.9. The van der Waals surface area contributed by atoms with Gasteiger partial charge in [-0.15, -0.1) is 0 Å². The SMILES string of the molecule is CCOC(=O)c1cc(=O)c2cc(-c3ccc(F)cc3)ccc2o1. The van der Waals surface area contributed by atoms with E-state index < -0.39 is 5.97 Å². The second-order valence-electron chi connectivity index (χ2n) is 4.91. The van der Waals surface area contributed by atoms with Gasteiger partial charge < -0.3 is 9.15 Å². The molecule has 0 atom stereocenters. The number of fused-ring (bicyclic) bond motifs is 1. The molecule has 116 valence electrons. The molecule has 0 saturated carbocycles. The summed E-state index contributed by atoms with van der Waals surface area (Å²) in [5.74, 6) is -1.12. The van der Waals surface area contributed by atoms with E-state index in [4.69, 9.17) is 9.15 Å². The van der Waals surface area contributed by atoms with Gasteiger partial charge in [0.15, 0.2) is 5.43 Å². The second kappa shape index (κ2) is 6.04. The Labute approximate surface area is 131 Å². The van der Waals surface area contributed by atoms with Crippen molar-refractivity contribution in [2.24, 2.45) is 0 Å². The zero-order chi connectivity index (χ0) is 16.4. The summed E-state index contributed by atoms with van der Waals surface area (Å²) < 4.78 is 23.3. The van der Waals surface area contributed by atoms with Crippen LogP contribution in [0.3, 0.4) is 0 Å². The van der Waals surface area contributed by atoms with Gasteiger partial charge in [-0.3, -0.25) is 4.79 Å². The summed E-state index contributed by atoms with van der Waals surface area (Å²) in [7, 11) is 0. The molecule has 1 aromatic heterocycles. The number of halogens is 1. The third kappa shape index (κ3) is 2.99. The Morgan fingerprint density at radius 1 is 1.09 bits per heavy atom. The van der Waals surface area contributed by atoms with Crippen LogP contribution in [0.4, 0.5) is 4.39 Å². The largest absolute Gasteiger partial charge is 0.460 e. The molecule has 0 aliphatic carbocycles. The minimum absolute atomic E-state index is 0.126. The molecule has 0 aliphatic rings. The topological polar surface area (TPSA) is 56.5 Å². The molecule has 0 aliphatic heterocycles. The molecule has 5 heteroatoms. The number of carbonyl (C=O) groups is 1. The van der Waals surface area contributed by atoms with Gasteiger partial charge in [-0.2, -0.15) is 0 Å². The summed E-state index contributed by atoms with van der Waals surface area (Å²) in [6.07, 6.45) is 0. The Morgan fingerprint density at radius 3 is 2.48 bits per heavy atom. The van der Waals surface area contributed by atoms with Crippen molar-refractivity contribution in [1.29, 1.82) is 0 Å². The highest BCUT2D eigenvalue weighted by Crippen LogP contribution is 2.24. The minimum Gasteiger partial charge on any atom is -0.460 e. The average Bonchev–Trinajstić information content (AvgIpc) is 2.55. The molecule has 2 aromatic carbocycles. The van der Waals surface area contributed by atoms with Crippen LogP contribution in [0.2, 0.25) is 0 Å². The van der Waals surface area contributed by atoms with E-state index in [-0.39, 0.29) is 23.6 Å². The molecule has 0 fully saturated rings. The molecule has 0 amide bonds. The molecule has 3 rings (SSSR count).